The second-order valence-corrected chi connectivity index (χ2v) is 6.72. The summed E-state index contributed by atoms with van der Waals surface area (Å²) in [6, 6.07) is 0.754. The first-order chi connectivity index (χ1) is 8.39. The molecule has 0 aromatic heterocycles. The molecule has 0 bridgehead atoms. The van der Waals surface area contributed by atoms with E-state index >= 15 is 0 Å². The van der Waals surface area contributed by atoms with Crippen LogP contribution in [-0.4, -0.2) is 24.5 Å². The first-order valence-corrected chi connectivity index (χ1v) is 7.42. The van der Waals surface area contributed by atoms with Gasteiger partial charge in [0.05, 0.1) is 6.54 Å². The predicted octanol–water partition coefficient (Wildman–Crippen LogP) is 2.85. The highest BCUT2D eigenvalue weighted by atomic mass is 16.1. The molecule has 3 nitrogen and oxygen atoms in total. The van der Waals surface area contributed by atoms with E-state index in [2.05, 4.69) is 38.3 Å². The van der Waals surface area contributed by atoms with Crippen LogP contribution in [0, 0.1) is 5.41 Å². The number of nitrogens with one attached hydrogen (secondary N) is 2. The van der Waals surface area contributed by atoms with Crippen LogP contribution in [0.15, 0.2) is 0 Å². The van der Waals surface area contributed by atoms with Gasteiger partial charge in [0, 0.05) is 12.1 Å². The van der Waals surface area contributed by atoms with Crippen molar-refractivity contribution in [2.24, 2.45) is 5.41 Å². The first kappa shape index (κ1) is 15.5. The third kappa shape index (κ3) is 5.85. The molecule has 1 aliphatic carbocycles. The molecule has 18 heavy (non-hydrogen) atoms. The van der Waals surface area contributed by atoms with E-state index < -0.39 is 0 Å². The maximum absolute atomic E-state index is 11.9. The summed E-state index contributed by atoms with van der Waals surface area (Å²) in [5.41, 5.74) is 0.197. The average Bonchev–Trinajstić information content (AvgIpc) is 2.53. The normalized spacial score (nSPS) is 20.2. The van der Waals surface area contributed by atoms with Crippen LogP contribution in [0.3, 0.4) is 0 Å². The molecule has 1 aliphatic rings. The molecular weight excluding hydrogens is 224 g/mol. The Morgan fingerprint density at radius 1 is 1.17 bits per heavy atom. The maximum Gasteiger partial charge on any atom is 0.234 e. The number of hydrogen-bond donors (Lipinski definition) is 2. The van der Waals surface area contributed by atoms with Crippen molar-refractivity contribution in [3.8, 4) is 0 Å². The number of rotatable bonds is 4. The molecule has 2 N–H and O–H groups in total. The van der Waals surface area contributed by atoms with Crippen LogP contribution in [0.2, 0.25) is 0 Å². The van der Waals surface area contributed by atoms with Gasteiger partial charge in [0.25, 0.3) is 0 Å². The Balaban J connectivity index is 2.24. The Morgan fingerprint density at radius 3 is 2.22 bits per heavy atom. The minimum Gasteiger partial charge on any atom is -0.352 e. The largest absolute Gasteiger partial charge is 0.352 e. The number of amides is 1. The summed E-state index contributed by atoms with van der Waals surface area (Å²) in [5.74, 6) is 0.151. The molecule has 0 spiro atoms. The van der Waals surface area contributed by atoms with Crippen molar-refractivity contribution >= 4 is 5.91 Å². The molecule has 1 saturated carbocycles. The molecule has 1 atom stereocenters. The van der Waals surface area contributed by atoms with Crippen molar-refractivity contribution in [1.29, 1.82) is 0 Å². The third-order valence-corrected chi connectivity index (χ3v) is 4.09. The Hall–Kier alpha value is -0.570. The average molecular weight is 254 g/mol. The van der Waals surface area contributed by atoms with Crippen LogP contribution >= 0.6 is 0 Å². The zero-order valence-corrected chi connectivity index (χ0v) is 12.5. The van der Waals surface area contributed by atoms with Gasteiger partial charge in [-0.3, -0.25) is 4.79 Å². The van der Waals surface area contributed by atoms with Gasteiger partial charge in [-0.25, -0.2) is 0 Å². The van der Waals surface area contributed by atoms with Gasteiger partial charge in [-0.15, -0.1) is 0 Å². The summed E-state index contributed by atoms with van der Waals surface area (Å²) in [6.07, 6.45) is 7.48. The fourth-order valence-electron chi connectivity index (χ4n) is 2.25. The Labute approximate surface area is 112 Å². The van der Waals surface area contributed by atoms with Gasteiger partial charge in [-0.05, 0) is 25.2 Å². The number of carbonyl (C=O) groups excluding carboxylic acids is 1. The van der Waals surface area contributed by atoms with Crippen molar-refractivity contribution < 1.29 is 4.79 Å². The molecule has 0 aliphatic heterocycles. The summed E-state index contributed by atoms with van der Waals surface area (Å²) in [7, 11) is 0. The standard InChI is InChI=1S/C15H30N2O/c1-12(15(2,3)4)16-11-14(18)17-13-9-7-5-6-8-10-13/h12-13,16H,5-11H2,1-4H3,(H,17,18). The van der Waals surface area contributed by atoms with E-state index in [1.165, 1.54) is 25.7 Å². The summed E-state index contributed by atoms with van der Waals surface area (Å²) >= 11 is 0. The Bertz CT molecular complexity index is 250. The van der Waals surface area contributed by atoms with Crippen LogP contribution in [0.1, 0.15) is 66.2 Å². The van der Waals surface area contributed by atoms with Gasteiger partial charge in [-0.2, -0.15) is 0 Å². The highest BCUT2D eigenvalue weighted by Gasteiger charge is 2.20. The minimum absolute atomic E-state index is 0.151. The first-order valence-electron chi connectivity index (χ1n) is 7.42. The van der Waals surface area contributed by atoms with Gasteiger partial charge < -0.3 is 10.6 Å². The van der Waals surface area contributed by atoms with Gasteiger partial charge in [0.1, 0.15) is 0 Å². The molecule has 3 heteroatoms. The van der Waals surface area contributed by atoms with E-state index in [0.717, 1.165) is 12.8 Å². The van der Waals surface area contributed by atoms with E-state index in [-0.39, 0.29) is 11.3 Å². The summed E-state index contributed by atoms with van der Waals surface area (Å²) in [5, 5.41) is 6.48. The van der Waals surface area contributed by atoms with E-state index in [1.807, 2.05) is 0 Å². The molecule has 1 fully saturated rings. The molecule has 0 aromatic carbocycles. The fourth-order valence-corrected chi connectivity index (χ4v) is 2.25. The lowest BCUT2D eigenvalue weighted by molar-refractivity contribution is -0.121. The number of carbonyl (C=O) groups is 1. The molecule has 0 aromatic rings. The lowest BCUT2D eigenvalue weighted by Crippen LogP contribution is -2.45. The van der Waals surface area contributed by atoms with Crippen LogP contribution in [0.4, 0.5) is 0 Å². The van der Waals surface area contributed by atoms with Crippen LogP contribution in [0.5, 0.6) is 0 Å². The molecular formula is C15H30N2O. The van der Waals surface area contributed by atoms with Gasteiger partial charge in [-0.1, -0.05) is 46.5 Å². The molecule has 0 heterocycles. The number of hydrogen-bond acceptors (Lipinski definition) is 2. The van der Waals surface area contributed by atoms with E-state index in [0.29, 0.717) is 18.6 Å². The van der Waals surface area contributed by atoms with E-state index in [1.54, 1.807) is 0 Å². The lowest BCUT2D eigenvalue weighted by atomic mass is 9.88. The van der Waals surface area contributed by atoms with Gasteiger partial charge in [0.15, 0.2) is 0 Å². The highest BCUT2D eigenvalue weighted by Crippen LogP contribution is 2.18. The summed E-state index contributed by atoms with van der Waals surface area (Å²) in [6.45, 7) is 9.14. The Morgan fingerprint density at radius 2 is 1.72 bits per heavy atom. The maximum atomic E-state index is 11.9. The Kier molecular flexibility index (Phi) is 6.13. The highest BCUT2D eigenvalue weighted by molar-refractivity contribution is 5.78. The van der Waals surface area contributed by atoms with Crippen molar-refractivity contribution in [3.05, 3.63) is 0 Å². The van der Waals surface area contributed by atoms with Gasteiger partial charge >= 0.3 is 0 Å². The molecule has 1 unspecified atom stereocenters. The molecule has 106 valence electrons. The second kappa shape index (κ2) is 7.13. The summed E-state index contributed by atoms with van der Waals surface area (Å²) < 4.78 is 0. The van der Waals surface area contributed by atoms with Crippen LogP contribution in [-0.2, 0) is 4.79 Å². The molecule has 0 saturated heterocycles. The van der Waals surface area contributed by atoms with Crippen molar-refractivity contribution in [1.82, 2.24) is 10.6 Å². The zero-order valence-electron chi connectivity index (χ0n) is 12.5. The van der Waals surface area contributed by atoms with Crippen LogP contribution in [0.25, 0.3) is 0 Å². The SMILES string of the molecule is CC(NCC(=O)NC1CCCCCC1)C(C)(C)C. The summed E-state index contributed by atoms with van der Waals surface area (Å²) in [4.78, 5) is 11.9. The molecule has 0 radical (unpaired) electrons. The monoisotopic (exact) mass is 254 g/mol. The third-order valence-electron chi connectivity index (χ3n) is 4.09. The van der Waals surface area contributed by atoms with Crippen molar-refractivity contribution in [3.63, 3.8) is 0 Å². The fraction of sp³-hybridized carbons (Fsp3) is 0.933. The van der Waals surface area contributed by atoms with Gasteiger partial charge in [0.2, 0.25) is 5.91 Å². The minimum atomic E-state index is 0.151. The smallest absolute Gasteiger partial charge is 0.234 e. The topological polar surface area (TPSA) is 41.1 Å². The molecule has 1 rings (SSSR count). The van der Waals surface area contributed by atoms with E-state index in [9.17, 15) is 4.79 Å². The quantitative estimate of drug-likeness (QED) is 0.757. The molecule has 1 amide bonds. The predicted molar refractivity (Wildman–Crippen MR) is 76.6 cm³/mol. The van der Waals surface area contributed by atoms with Crippen molar-refractivity contribution in [2.45, 2.75) is 78.3 Å². The van der Waals surface area contributed by atoms with Crippen LogP contribution < -0.4 is 10.6 Å². The van der Waals surface area contributed by atoms with Crippen molar-refractivity contribution in [2.75, 3.05) is 6.54 Å². The zero-order chi connectivity index (χ0) is 13.6. The second-order valence-electron chi connectivity index (χ2n) is 6.72. The lowest BCUT2D eigenvalue weighted by Gasteiger charge is -2.28. The van der Waals surface area contributed by atoms with E-state index in [4.69, 9.17) is 0 Å².